The molecule has 236 valence electrons. The van der Waals surface area contributed by atoms with E-state index >= 15 is 0 Å². The van der Waals surface area contributed by atoms with Crippen LogP contribution in [0.5, 0.6) is 5.75 Å². The summed E-state index contributed by atoms with van der Waals surface area (Å²) in [5.74, 6) is -0.397. The van der Waals surface area contributed by atoms with Crippen molar-refractivity contribution in [3.05, 3.63) is 111 Å². The lowest BCUT2D eigenvalue weighted by Gasteiger charge is -2.28. The fraction of sp³-hybridized carbons (Fsp3) is 0.294. The molecule has 2 amide bonds. The molecule has 11 nitrogen and oxygen atoms in total. The number of benzene rings is 3. The lowest BCUT2D eigenvalue weighted by molar-refractivity contribution is -0.124. The molecule has 0 saturated carbocycles. The van der Waals surface area contributed by atoms with E-state index in [1.54, 1.807) is 0 Å². The summed E-state index contributed by atoms with van der Waals surface area (Å²) in [5, 5.41) is 9.25. The normalized spacial score (nSPS) is 22.3. The van der Waals surface area contributed by atoms with Gasteiger partial charge in [0, 0.05) is 22.0 Å². The van der Waals surface area contributed by atoms with E-state index in [2.05, 4.69) is 36.9 Å². The molecular formula is C34H31BrN4O7. The van der Waals surface area contributed by atoms with Crippen molar-refractivity contribution in [2.75, 3.05) is 12.4 Å². The first-order chi connectivity index (χ1) is 22.2. The van der Waals surface area contributed by atoms with E-state index < -0.39 is 41.7 Å². The van der Waals surface area contributed by atoms with E-state index in [9.17, 15) is 14.4 Å². The number of anilines is 1. The number of aromatic nitrogens is 1. The van der Waals surface area contributed by atoms with Gasteiger partial charge in [0.25, 0.3) is 0 Å². The Morgan fingerprint density at radius 3 is 2.65 bits per heavy atom. The number of esters is 1. The molecule has 4 heterocycles. The van der Waals surface area contributed by atoms with Crippen molar-refractivity contribution in [3.63, 3.8) is 0 Å². The van der Waals surface area contributed by atoms with Crippen LogP contribution in [0.25, 0.3) is 0 Å². The summed E-state index contributed by atoms with van der Waals surface area (Å²) in [7, 11) is 1.28. The number of carbonyl (C=O) groups excluding carboxylic acids is 3. The summed E-state index contributed by atoms with van der Waals surface area (Å²) in [6.45, 7) is 3.85. The molecule has 0 saturated heterocycles. The summed E-state index contributed by atoms with van der Waals surface area (Å²) in [6, 6.07) is 18.9. The van der Waals surface area contributed by atoms with Gasteiger partial charge in [-0.2, -0.15) is 0 Å². The Hall–Kier alpha value is -4.84. The van der Waals surface area contributed by atoms with Crippen LogP contribution in [0.4, 0.5) is 10.5 Å². The molecule has 46 heavy (non-hydrogen) atoms. The molecule has 4 atom stereocenters. The van der Waals surface area contributed by atoms with E-state index in [0.717, 1.165) is 32.4 Å². The number of alkyl carbamates (subject to hydrolysis) is 1. The molecule has 3 aromatic carbocycles. The summed E-state index contributed by atoms with van der Waals surface area (Å²) in [4.78, 5) is 44.9. The number of amides is 2. The third-order valence-electron chi connectivity index (χ3n) is 8.69. The van der Waals surface area contributed by atoms with Gasteiger partial charge in [0.2, 0.25) is 11.8 Å². The van der Waals surface area contributed by atoms with E-state index in [0.29, 0.717) is 5.75 Å². The second kappa shape index (κ2) is 11.5. The highest BCUT2D eigenvalue weighted by atomic mass is 79.9. The molecule has 1 spiro atoms. The maximum atomic E-state index is 13.9. The minimum atomic E-state index is -1.14. The van der Waals surface area contributed by atoms with E-state index in [1.807, 2.05) is 80.6 Å². The SMILES string of the molecule is COC(=O)c1nc2oc1C13c4cc(ccc4O[C@@H]1Nc1c(Br)cccc13)CC(NC(=O)OCc1ccccc1)C(=O)N[C@H]2C(C)C. The van der Waals surface area contributed by atoms with Gasteiger partial charge in [0.05, 0.1) is 12.8 Å². The van der Waals surface area contributed by atoms with Crippen molar-refractivity contribution < 1.29 is 33.0 Å². The van der Waals surface area contributed by atoms with Crippen LogP contribution in [0.3, 0.4) is 0 Å². The third-order valence-corrected chi connectivity index (χ3v) is 9.35. The molecule has 2 unspecified atom stereocenters. The Morgan fingerprint density at radius 1 is 1.09 bits per heavy atom. The van der Waals surface area contributed by atoms with E-state index in [4.69, 9.17) is 18.6 Å². The van der Waals surface area contributed by atoms with Gasteiger partial charge in [-0.25, -0.2) is 14.6 Å². The van der Waals surface area contributed by atoms with Gasteiger partial charge in [0.15, 0.2) is 17.7 Å². The molecule has 3 aliphatic heterocycles. The standard InChI is InChI=1S/C34H31BrN4O7/c1-17(2)25-30-38-27(31(41)43-3)28(46-30)34-20-10-7-11-22(35)26(20)39-32(34)45-24-13-12-19(14-21(24)34)15-23(29(40)37-25)36-33(42)44-16-18-8-5-4-6-9-18/h4-14,17,23,25,32,39H,15-16H2,1-3H3,(H,36,42)(H,37,40)/t23?,25-,32-,34?/m0/s1. The minimum absolute atomic E-state index is 0.0164. The lowest BCUT2D eigenvalue weighted by atomic mass is 9.72. The quantitative estimate of drug-likeness (QED) is 0.236. The lowest BCUT2D eigenvalue weighted by Crippen LogP contribution is -2.49. The number of methoxy groups -OCH3 is 1. The monoisotopic (exact) mass is 686 g/mol. The van der Waals surface area contributed by atoms with Gasteiger partial charge in [-0.05, 0) is 45.1 Å². The van der Waals surface area contributed by atoms with Gasteiger partial charge < -0.3 is 34.6 Å². The number of halogens is 1. The third kappa shape index (κ3) is 4.79. The second-order valence-electron chi connectivity index (χ2n) is 11.9. The Kier molecular flexibility index (Phi) is 7.47. The highest BCUT2D eigenvalue weighted by Gasteiger charge is 2.61. The summed E-state index contributed by atoms with van der Waals surface area (Å²) >= 11 is 3.66. The van der Waals surface area contributed by atoms with Gasteiger partial charge in [-0.15, -0.1) is 0 Å². The van der Waals surface area contributed by atoms with Gasteiger partial charge in [0.1, 0.15) is 29.9 Å². The fourth-order valence-electron chi connectivity index (χ4n) is 6.48. The largest absolute Gasteiger partial charge is 0.469 e. The zero-order valence-electron chi connectivity index (χ0n) is 25.3. The summed E-state index contributed by atoms with van der Waals surface area (Å²) in [6.07, 6.45) is -1.27. The molecule has 0 radical (unpaired) electrons. The highest BCUT2D eigenvalue weighted by molar-refractivity contribution is 9.10. The number of carbonyl (C=O) groups is 3. The number of ether oxygens (including phenoxy) is 3. The maximum absolute atomic E-state index is 13.9. The number of rotatable bonds is 5. The van der Waals surface area contributed by atoms with Crippen molar-refractivity contribution in [3.8, 4) is 5.75 Å². The first-order valence-corrected chi connectivity index (χ1v) is 15.7. The Balaban J connectivity index is 1.37. The molecular weight excluding hydrogens is 656 g/mol. The zero-order valence-corrected chi connectivity index (χ0v) is 26.8. The first-order valence-electron chi connectivity index (χ1n) is 14.9. The van der Waals surface area contributed by atoms with Crippen molar-refractivity contribution in [1.29, 1.82) is 0 Å². The zero-order chi connectivity index (χ0) is 32.2. The molecule has 4 bridgehead atoms. The predicted octanol–water partition coefficient (Wildman–Crippen LogP) is 5.37. The van der Waals surface area contributed by atoms with Crippen LogP contribution in [-0.4, -0.2) is 42.3 Å². The van der Waals surface area contributed by atoms with E-state index in [1.165, 1.54) is 7.11 Å². The number of nitrogens with zero attached hydrogens (tertiary/aromatic N) is 1. The molecule has 0 fully saturated rings. The number of nitrogens with one attached hydrogen (secondary N) is 3. The average molecular weight is 688 g/mol. The smallest absolute Gasteiger partial charge is 0.408 e. The predicted molar refractivity (Wildman–Crippen MR) is 169 cm³/mol. The fourth-order valence-corrected chi connectivity index (χ4v) is 6.96. The number of oxazole rings is 1. The van der Waals surface area contributed by atoms with Gasteiger partial charge in [-0.1, -0.05) is 68.4 Å². The Labute approximate surface area is 273 Å². The first kappa shape index (κ1) is 29.8. The Bertz CT molecular complexity index is 1860. The van der Waals surface area contributed by atoms with Crippen LogP contribution in [0.15, 0.2) is 75.6 Å². The van der Waals surface area contributed by atoms with Crippen molar-refractivity contribution in [1.82, 2.24) is 15.6 Å². The summed E-state index contributed by atoms with van der Waals surface area (Å²) < 4.78 is 24.6. The average Bonchev–Trinajstić information content (AvgIpc) is 3.72. The molecule has 3 N–H and O–H groups in total. The van der Waals surface area contributed by atoms with E-state index in [-0.39, 0.29) is 36.3 Å². The van der Waals surface area contributed by atoms with Crippen LogP contribution in [0, 0.1) is 5.92 Å². The van der Waals surface area contributed by atoms with Crippen LogP contribution < -0.4 is 20.7 Å². The minimum Gasteiger partial charge on any atom is -0.469 e. The van der Waals surface area contributed by atoms with Gasteiger partial charge in [-0.3, -0.25) is 4.79 Å². The molecule has 4 aromatic rings. The number of hydrogen-bond acceptors (Lipinski definition) is 9. The molecule has 12 heteroatoms. The topological polar surface area (TPSA) is 141 Å². The maximum Gasteiger partial charge on any atom is 0.408 e. The van der Waals surface area contributed by atoms with Crippen molar-refractivity contribution >= 4 is 39.6 Å². The van der Waals surface area contributed by atoms with Crippen LogP contribution >= 0.6 is 15.9 Å². The highest BCUT2D eigenvalue weighted by Crippen LogP contribution is 2.59. The number of hydrogen-bond donors (Lipinski definition) is 3. The summed E-state index contributed by atoms with van der Waals surface area (Å²) in [5.41, 5.74) is 2.74. The number of para-hydroxylation sites is 1. The van der Waals surface area contributed by atoms with Crippen molar-refractivity contribution in [2.24, 2.45) is 5.92 Å². The Morgan fingerprint density at radius 2 is 1.89 bits per heavy atom. The molecule has 7 rings (SSSR count). The van der Waals surface area contributed by atoms with Crippen molar-refractivity contribution in [2.45, 2.75) is 50.6 Å². The van der Waals surface area contributed by atoms with Crippen LogP contribution in [-0.2, 0) is 32.7 Å². The molecule has 1 aromatic heterocycles. The second-order valence-corrected chi connectivity index (χ2v) is 12.7. The van der Waals surface area contributed by atoms with Crippen LogP contribution in [0.2, 0.25) is 0 Å². The van der Waals surface area contributed by atoms with Crippen LogP contribution in [0.1, 0.15) is 64.3 Å². The molecule has 0 aliphatic carbocycles. The molecule has 3 aliphatic rings. The van der Waals surface area contributed by atoms with Gasteiger partial charge >= 0.3 is 12.1 Å². The number of fused-ring (bicyclic) bond motifs is 4.